The van der Waals surface area contributed by atoms with Crippen LogP contribution in [0.15, 0.2) is 18.2 Å². The zero-order valence-electron chi connectivity index (χ0n) is 11.4. The Kier molecular flexibility index (Phi) is 4.73. The van der Waals surface area contributed by atoms with Gasteiger partial charge in [0.05, 0.1) is 14.2 Å². The van der Waals surface area contributed by atoms with Crippen molar-refractivity contribution in [3.8, 4) is 11.5 Å². The molecule has 1 aromatic carbocycles. The zero-order valence-corrected chi connectivity index (χ0v) is 11.4. The molecule has 0 heterocycles. The van der Waals surface area contributed by atoms with Crippen molar-refractivity contribution in [3.63, 3.8) is 0 Å². The van der Waals surface area contributed by atoms with E-state index < -0.39 is 0 Å². The molecule has 0 atom stereocenters. The summed E-state index contributed by atoms with van der Waals surface area (Å²) in [5.74, 6) is 2.48. The van der Waals surface area contributed by atoms with Gasteiger partial charge in [0.25, 0.3) is 0 Å². The Morgan fingerprint density at radius 1 is 1.00 bits per heavy atom. The molecular formula is C15H23NO2. The Labute approximate surface area is 109 Å². The number of rotatable bonds is 5. The maximum absolute atomic E-state index is 5.27. The van der Waals surface area contributed by atoms with E-state index in [1.807, 2.05) is 18.2 Å². The van der Waals surface area contributed by atoms with Gasteiger partial charge < -0.3 is 14.8 Å². The summed E-state index contributed by atoms with van der Waals surface area (Å²) in [7, 11) is 3.36. The number of nitrogens with one attached hydrogen (secondary N) is 1. The molecule has 0 spiro atoms. The normalized spacial score (nSPS) is 16.3. The fraction of sp³-hybridized carbons (Fsp3) is 0.600. The minimum absolute atomic E-state index is 0.816. The molecule has 1 fully saturated rings. The van der Waals surface area contributed by atoms with Crippen LogP contribution in [-0.4, -0.2) is 20.8 Å². The Morgan fingerprint density at radius 2 is 1.61 bits per heavy atom. The van der Waals surface area contributed by atoms with Crippen LogP contribution in [0.5, 0.6) is 11.5 Å². The highest BCUT2D eigenvalue weighted by molar-refractivity contribution is 5.53. The SMILES string of the molecule is COc1cc(NCC2CCCCC2)cc(OC)c1. The van der Waals surface area contributed by atoms with Crippen molar-refractivity contribution < 1.29 is 9.47 Å². The molecule has 100 valence electrons. The summed E-state index contributed by atoms with van der Waals surface area (Å²) in [6, 6.07) is 5.93. The molecule has 3 nitrogen and oxygen atoms in total. The minimum Gasteiger partial charge on any atom is -0.497 e. The monoisotopic (exact) mass is 249 g/mol. The smallest absolute Gasteiger partial charge is 0.124 e. The van der Waals surface area contributed by atoms with Crippen molar-refractivity contribution in [2.45, 2.75) is 32.1 Å². The lowest BCUT2D eigenvalue weighted by Gasteiger charge is -2.22. The first-order chi connectivity index (χ1) is 8.81. The summed E-state index contributed by atoms with van der Waals surface area (Å²) < 4.78 is 10.5. The van der Waals surface area contributed by atoms with E-state index in [1.165, 1.54) is 32.1 Å². The van der Waals surface area contributed by atoms with Gasteiger partial charge in [0.1, 0.15) is 11.5 Å². The van der Waals surface area contributed by atoms with E-state index in [0.29, 0.717) is 0 Å². The molecule has 1 saturated carbocycles. The van der Waals surface area contributed by atoms with E-state index >= 15 is 0 Å². The molecule has 1 aromatic rings. The van der Waals surface area contributed by atoms with Crippen LogP contribution in [0.25, 0.3) is 0 Å². The fourth-order valence-electron chi connectivity index (χ4n) is 2.56. The van der Waals surface area contributed by atoms with E-state index in [2.05, 4.69) is 5.32 Å². The van der Waals surface area contributed by atoms with E-state index in [1.54, 1.807) is 14.2 Å². The number of hydrogen-bond acceptors (Lipinski definition) is 3. The van der Waals surface area contributed by atoms with Crippen molar-refractivity contribution in [1.82, 2.24) is 0 Å². The molecule has 0 bridgehead atoms. The second-order valence-electron chi connectivity index (χ2n) is 4.99. The zero-order chi connectivity index (χ0) is 12.8. The first-order valence-corrected chi connectivity index (χ1v) is 6.79. The maximum atomic E-state index is 5.27. The van der Waals surface area contributed by atoms with E-state index in [4.69, 9.17) is 9.47 Å². The second-order valence-corrected chi connectivity index (χ2v) is 4.99. The van der Waals surface area contributed by atoms with Crippen molar-refractivity contribution in [2.75, 3.05) is 26.1 Å². The molecule has 0 aliphatic heterocycles. The van der Waals surface area contributed by atoms with Gasteiger partial charge in [0.15, 0.2) is 0 Å². The Balaban J connectivity index is 1.94. The number of ether oxygens (including phenoxy) is 2. The molecule has 0 saturated heterocycles. The quantitative estimate of drug-likeness (QED) is 0.863. The van der Waals surface area contributed by atoms with Gasteiger partial charge in [-0.1, -0.05) is 19.3 Å². The molecule has 0 amide bonds. The Hall–Kier alpha value is -1.38. The molecule has 2 rings (SSSR count). The predicted octanol–water partition coefficient (Wildman–Crippen LogP) is 3.70. The number of benzene rings is 1. The first-order valence-electron chi connectivity index (χ1n) is 6.79. The van der Waals surface area contributed by atoms with Gasteiger partial charge in [0.2, 0.25) is 0 Å². The van der Waals surface area contributed by atoms with E-state index in [9.17, 15) is 0 Å². The summed E-state index contributed by atoms with van der Waals surface area (Å²) >= 11 is 0. The highest BCUT2D eigenvalue weighted by Gasteiger charge is 2.13. The lowest BCUT2D eigenvalue weighted by Crippen LogP contribution is -2.17. The second kappa shape index (κ2) is 6.53. The largest absolute Gasteiger partial charge is 0.497 e. The van der Waals surface area contributed by atoms with Gasteiger partial charge in [-0.25, -0.2) is 0 Å². The third-order valence-corrected chi connectivity index (χ3v) is 3.67. The molecule has 0 aromatic heterocycles. The van der Waals surface area contributed by atoms with E-state index in [-0.39, 0.29) is 0 Å². The highest BCUT2D eigenvalue weighted by Crippen LogP contribution is 2.28. The number of anilines is 1. The predicted molar refractivity (Wildman–Crippen MR) is 74.6 cm³/mol. The molecule has 1 N–H and O–H groups in total. The molecule has 3 heteroatoms. The summed E-state index contributed by atoms with van der Waals surface area (Å²) in [5.41, 5.74) is 1.08. The van der Waals surface area contributed by atoms with Gasteiger partial charge >= 0.3 is 0 Å². The molecular weight excluding hydrogens is 226 g/mol. The summed E-state index contributed by atoms with van der Waals surface area (Å²) in [4.78, 5) is 0. The third kappa shape index (κ3) is 3.56. The van der Waals surface area contributed by atoms with Crippen LogP contribution in [0.4, 0.5) is 5.69 Å². The van der Waals surface area contributed by atoms with Crippen LogP contribution >= 0.6 is 0 Å². The average molecular weight is 249 g/mol. The lowest BCUT2D eigenvalue weighted by molar-refractivity contribution is 0.373. The van der Waals surface area contributed by atoms with Gasteiger partial charge in [0, 0.05) is 30.4 Å². The van der Waals surface area contributed by atoms with Crippen LogP contribution in [0.1, 0.15) is 32.1 Å². The van der Waals surface area contributed by atoms with Crippen LogP contribution in [0.2, 0.25) is 0 Å². The van der Waals surface area contributed by atoms with Crippen molar-refractivity contribution in [1.29, 1.82) is 0 Å². The van der Waals surface area contributed by atoms with Crippen LogP contribution < -0.4 is 14.8 Å². The standard InChI is InChI=1S/C15H23NO2/c1-17-14-8-13(9-15(10-14)18-2)16-11-12-6-4-3-5-7-12/h8-10,12,16H,3-7,11H2,1-2H3. The molecule has 1 aliphatic carbocycles. The van der Waals surface area contributed by atoms with Crippen LogP contribution in [-0.2, 0) is 0 Å². The molecule has 0 radical (unpaired) electrons. The summed E-state index contributed by atoms with van der Waals surface area (Å²) in [6.45, 7) is 1.05. The number of hydrogen-bond donors (Lipinski definition) is 1. The van der Waals surface area contributed by atoms with Crippen molar-refractivity contribution >= 4 is 5.69 Å². The summed E-state index contributed by atoms with van der Waals surface area (Å²) in [5, 5.41) is 3.50. The maximum Gasteiger partial charge on any atom is 0.124 e. The van der Waals surface area contributed by atoms with Gasteiger partial charge in [-0.3, -0.25) is 0 Å². The van der Waals surface area contributed by atoms with Crippen LogP contribution in [0, 0.1) is 5.92 Å². The first kappa shape index (κ1) is 13.1. The molecule has 1 aliphatic rings. The van der Waals surface area contributed by atoms with Crippen LogP contribution in [0.3, 0.4) is 0 Å². The number of methoxy groups -OCH3 is 2. The Bertz CT molecular complexity index is 351. The van der Waals surface area contributed by atoms with Gasteiger partial charge in [-0.2, -0.15) is 0 Å². The third-order valence-electron chi connectivity index (χ3n) is 3.67. The minimum atomic E-state index is 0.816. The molecule has 18 heavy (non-hydrogen) atoms. The fourth-order valence-corrected chi connectivity index (χ4v) is 2.56. The van der Waals surface area contributed by atoms with Gasteiger partial charge in [-0.15, -0.1) is 0 Å². The van der Waals surface area contributed by atoms with Gasteiger partial charge in [-0.05, 0) is 18.8 Å². The van der Waals surface area contributed by atoms with Crippen molar-refractivity contribution in [2.24, 2.45) is 5.92 Å². The highest BCUT2D eigenvalue weighted by atomic mass is 16.5. The Morgan fingerprint density at radius 3 is 2.17 bits per heavy atom. The molecule has 0 unspecified atom stereocenters. The average Bonchev–Trinajstić information content (AvgIpc) is 2.45. The lowest BCUT2D eigenvalue weighted by atomic mass is 9.89. The van der Waals surface area contributed by atoms with Crippen molar-refractivity contribution in [3.05, 3.63) is 18.2 Å². The van der Waals surface area contributed by atoms with E-state index in [0.717, 1.165) is 29.6 Å². The topological polar surface area (TPSA) is 30.5 Å². The summed E-state index contributed by atoms with van der Waals surface area (Å²) in [6.07, 6.45) is 6.88.